The number of nitrogens with zero attached hydrogens (tertiary/aromatic N) is 5. The summed E-state index contributed by atoms with van der Waals surface area (Å²) in [7, 11) is 1.93. The maximum Gasteiger partial charge on any atom is 0.137 e. The number of anilines is 2. The van der Waals surface area contributed by atoms with E-state index >= 15 is 0 Å². The van der Waals surface area contributed by atoms with E-state index in [1.165, 1.54) is 0 Å². The van der Waals surface area contributed by atoms with Gasteiger partial charge in [0, 0.05) is 54.8 Å². The third kappa shape index (κ3) is 7.57. The molecule has 0 aliphatic carbocycles. The number of hydrogen-bond acceptors (Lipinski definition) is 9. The van der Waals surface area contributed by atoms with E-state index in [1.807, 2.05) is 65.9 Å². The molecule has 0 amide bonds. The molecular weight excluding hydrogens is 540 g/mol. The van der Waals surface area contributed by atoms with E-state index in [2.05, 4.69) is 34.2 Å². The monoisotopic (exact) mass is 580 g/mol. The fraction of sp³-hybridized carbons (Fsp3) is 0.412. The number of ether oxygens (including phenoxy) is 1. The normalized spacial score (nSPS) is 17.9. The highest BCUT2D eigenvalue weighted by Gasteiger charge is 2.33. The van der Waals surface area contributed by atoms with Crippen LogP contribution < -0.4 is 10.2 Å². The van der Waals surface area contributed by atoms with Crippen molar-refractivity contribution in [2.24, 2.45) is 0 Å². The van der Waals surface area contributed by atoms with Crippen molar-refractivity contribution in [1.29, 1.82) is 5.26 Å². The number of nitriles is 1. The number of pyridine rings is 1. The van der Waals surface area contributed by atoms with Gasteiger partial charge in [-0.2, -0.15) is 5.26 Å². The lowest BCUT2D eigenvalue weighted by molar-refractivity contribution is 0.00296. The molecule has 3 N–H and O–H groups in total. The third-order valence-electron chi connectivity index (χ3n) is 7.43. The van der Waals surface area contributed by atoms with Crippen molar-refractivity contribution in [3.63, 3.8) is 0 Å². The molecule has 3 aliphatic rings. The largest absolute Gasteiger partial charge is 0.489 e. The second kappa shape index (κ2) is 12.1. The minimum absolute atomic E-state index is 0.148. The number of allylic oxidation sites excluding steroid dienone is 2. The molecule has 1 aromatic carbocycles. The molecule has 0 saturated carbocycles. The number of benzene rings is 1. The van der Waals surface area contributed by atoms with Gasteiger partial charge in [-0.3, -0.25) is 5.01 Å². The molecule has 1 aromatic heterocycles. The Morgan fingerprint density at radius 1 is 1.07 bits per heavy atom. The summed E-state index contributed by atoms with van der Waals surface area (Å²) in [6.07, 6.45) is 7.62. The first-order chi connectivity index (χ1) is 20.4. The number of aromatic nitrogens is 1. The van der Waals surface area contributed by atoms with Crippen LogP contribution in [0.5, 0.6) is 0 Å². The lowest BCUT2D eigenvalue weighted by atomic mass is 9.98. The summed E-state index contributed by atoms with van der Waals surface area (Å²) in [5, 5.41) is 37.4. The Kier molecular flexibility index (Phi) is 8.52. The maximum absolute atomic E-state index is 10.2. The molecule has 9 nitrogen and oxygen atoms in total. The summed E-state index contributed by atoms with van der Waals surface area (Å²) in [5.74, 6) is 7.40. The Balaban J connectivity index is 1.24. The van der Waals surface area contributed by atoms with E-state index in [9.17, 15) is 15.5 Å². The zero-order valence-corrected chi connectivity index (χ0v) is 25.6. The van der Waals surface area contributed by atoms with Crippen molar-refractivity contribution in [2.45, 2.75) is 57.8 Å². The number of piperidine rings is 1. The Bertz CT molecular complexity index is 1520. The van der Waals surface area contributed by atoms with Gasteiger partial charge in [0.2, 0.25) is 0 Å². The van der Waals surface area contributed by atoms with Gasteiger partial charge >= 0.3 is 0 Å². The molecule has 43 heavy (non-hydrogen) atoms. The lowest BCUT2D eigenvalue weighted by Gasteiger charge is -2.34. The zero-order valence-electron chi connectivity index (χ0n) is 25.6. The molecule has 5 rings (SSSR count). The van der Waals surface area contributed by atoms with Crippen molar-refractivity contribution >= 4 is 17.1 Å². The minimum Gasteiger partial charge on any atom is -0.489 e. The number of nitrogens with one attached hydrogen (secondary N) is 1. The molecule has 0 spiro atoms. The van der Waals surface area contributed by atoms with Gasteiger partial charge in [0.15, 0.2) is 0 Å². The smallest absolute Gasteiger partial charge is 0.137 e. The first kappa shape index (κ1) is 30.2. The molecule has 224 valence electrons. The van der Waals surface area contributed by atoms with Crippen LogP contribution in [0.2, 0.25) is 0 Å². The van der Waals surface area contributed by atoms with Crippen LogP contribution in [0.25, 0.3) is 5.57 Å². The summed E-state index contributed by atoms with van der Waals surface area (Å²) >= 11 is 0. The summed E-state index contributed by atoms with van der Waals surface area (Å²) in [4.78, 5) is 7.13. The van der Waals surface area contributed by atoms with Gasteiger partial charge in [0.05, 0.1) is 35.7 Å². The van der Waals surface area contributed by atoms with E-state index in [-0.39, 0.29) is 6.61 Å². The van der Waals surface area contributed by atoms with E-state index < -0.39 is 11.2 Å². The van der Waals surface area contributed by atoms with E-state index in [4.69, 9.17) is 9.72 Å². The SMILES string of the molecule is CN1CC(C#N)=C2C(c3ccc(N4CCC(Nc5ccc(C#CC(C)(C)O)cc5)CC4)nc3)=CC(OCC(C)(C)O)=CN21. The van der Waals surface area contributed by atoms with Gasteiger partial charge in [-0.15, -0.1) is 0 Å². The maximum atomic E-state index is 10.2. The first-order valence-electron chi connectivity index (χ1n) is 14.6. The summed E-state index contributed by atoms with van der Waals surface area (Å²) in [6.45, 7) is 9.20. The molecule has 3 aliphatic heterocycles. The van der Waals surface area contributed by atoms with Crippen LogP contribution in [0.3, 0.4) is 0 Å². The predicted octanol–water partition coefficient (Wildman–Crippen LogP) is 4.25. The van der Waals surface area contributed by atoms with Crippen molar-refractivity contribution in [1.82, 2.24) is 15.0 Å². The Morgan fingerprint density at radius 2 is 1.79 bits per heavy atom. The molecule has 0 unspecified atom stereocenters. The molecule has 1 saturated heterocycles. The van der Waals surface area contributed by atoms with Crippen molar-refractivity contribution < 1.29 is 14.9 Å². The van der Waals surface area contributed by atoms with Crippen molar-refractivity contribution in [2.75, 3.05) is 43.5 Å². The van der Waals surface area contributed by atoms with Crippen LogP contribution in [0.1, 0.15) is 51.7 Å². The molecule has 0 radical (unpaired) electrons. The summed E-state index contributed by atoms with van der Waals surface area (Å²) in [6, 6.07) is 14.8. The molecule has 0 atom stereocenters. The highest BCUT2D eigenvalue weighted by atomic mass is 16.5. The zero-order chi connectivity index (χ0) is 30.8. The molecule has 0 bridgehead atoms. The highest BCUT2D eigenvalue weighted by molar-refractivity contribution is 5.83. The second-order valence-electron chi connectivity index (χ2n) is 12.5. The van der Waals surface area contributed by atoms with Crippen LogP contribution in [-0.2, 0) is 4.74 Å². The van der Waals surface area contributed by atoms with Crippen molar-refractivity contribution in [3.8, 4) is 17.9 Å². The van der Waals surface area contributed by atoms with Crippen LogP contribution in [0.4, 0.5) is 11.5 Å². The van der Waals surface area contributed by atoms with Gasteiger partial charge in [0.25, 0.3) is 0 Å². The predicted molar refractivity (Wildman–Crippen MR) is 168 cm³/mol. The van der Waals surface area contributed by atoms with Gasteiger partial charge in [-0.25, -0.2) is 9.99 Å². The van der Waals surface area contributed by atoms with Gasteiger partial charge < -0.3 is 25.2 Å². The molecule has 2 aromatic rings. The first-order valence-corrected chi connectivity index (χ1v) is 14.6. The number of likely N-dealkylation sites (N-methyl/N-ethyl adjacent to an activating group) is 1. The van der Waals surface area contributed by atoms with Crippen LogP contribution in [-0.4, -0.2) is 75.7 Å². The van der Waals surface area contributed by atoms with Gasteiger partial charge in [0.1, 0.15) is 23.8 Å². The lowest BCUT2D eigenvalue weighted by Crippen LogP contribution is -2.39. The van der Waals surface area contributed by atoms with E-state index in [1.54, 1.807) is 27.7 Å². The number of hydrazine groups is 1. The third-order valence-corrected chi connectivity index (χ3v) is 7.43. The summed E-state index contributed by atoms with van der Waals surface area (Å²) in [5.41, 5.74) is 3.25. The number of aliphatic hydroxyl groups is 2. The standard InChI is InChI=1S/C34H40N6O3/c1-33(2,41)15-12-24-6-9-27(10-7-24)37-28-13-16-39(17-14-28)31-11-8-25(20-36-31)30-18-29(43-23-34(3,4)42)22-40-32(30)26(19-35)21-38(40)5/h6-11,18,20,22,28,37,41-42H,13-14,16-17,21,23H2,1-5H3. The number of fused-ring (bicyclic) bond motifs is 1. The van der Waals surface area contributed by atoms with Crippen LogP contribution in [0, 0.1) is 23.2 Å². The fourth-order valence-corrected chi connectivity index (χ4v) is 5.25. The second-order valence-corrected chi connectivity index (χ2v) is 12.5. The van der Waals surface area contributed by atoms with Crippen LogP contribution in [0.15, 0.2) is 71.9 Å². The van der Waals surface area contributed by atoms with Gasteiger partial charge in [-0.05, 0) is 83.0 Å². The fourth-order valence-electron chi connectivity index (χ4n) is 5.25. The highest BCUT2D eigenvalue weighted by Crippen LogP contribution is 2.39. The quantitative estimate of drug-likeness (QED) is 0.414. The molecule has 1 fully saturated rings. The average molecular weight is 581 g/mol. The topological polar surface area (TPSA) is 108 Å². The minimum atomic E-state index is -1.01. The Morgan fingerprint density at radius 3 is 2.40 bits per heavy atom. The Hall–Kier alpha value is -4.28. The number of rotatable bonds is 7. The Labute approximate surface area is 254 Å². The average Bonchev–Trinajstić information content (AvgIpc) is 3.30. The van der Waals surface area contributed by atoms with Crippen molar-refractivity contribution in [3.05, 3.63) is 83.0 Å². The molecule has 4 heterocycles. The molecule has 9 heteroatoms. The van der Waals surface area contributed by atoms with E-state index in [0.29, 0.717) is 23.9 Å². The van der Waals surface area contributed by atoms with E-state index in [0.717, 1.165) is 59.8 Å². The van der Waals surface area contributed by atoms with Gasteiger partial charge in [-0.1, -0.05) is 11.8 Å². The molecular formula is C34H40N6O3. The summed E-state index contributed by atoms with van der Waals surface area (Å²) < 4.78 is 5.94. The van der Waals surface area contributed by atoms with Crippen LogP contribution >= 0.6 is 0 Å². The number of hydrogen-bond donors (Lipinski definition) is 3.